The maximum absolute atomic E-state index is 12.6. The van der Waals surface area contributed by atoms with Gasteiger partial charge in [-0.2, -0.15) is 0 Å². The average molecular weight is 316 g/mol. The summed E-state index contributed by atoms with van der Waals surface area (Å²) < 4.78 is 17.3. The number of ether oxygens (including phenoxy) is 3. The van der Waals surface area contributed by atoms with E-state index in [1.807, 2.05) is 19.9 Å². The molecule has 23 heavy (non-hydrogen) atoms. The van der Waals surface area contributed by atoms with Crippen molar-refractivity contribution >= 4 is 5.78 Å². The lowest BCUT2D eigenvalue weighted by Gasteiger charge is -2.34. The van der Waals surface area contributed by atoms with Crippen LogP contribution in [0.1, 0.15) is 57.0 Å². The third-order valence-electron chi connectivity index (χ3n) is 3.77. The van der Waals surface area contributed by atoms with E-state index in [9.17, 15) is 4.79 Å². The second-order valence-electron chi connectivity index (χ2n) is 7.37. The van der Waals surface area contributed by atoms with Gasteiger partial charge in [0.1, 0.15) is 12.2 Å². The van der Waals surface area contributed by atoms with Crippen LogP contribution in [0.25, 0.3) is 0 Å². The van der Waals surface area contributed by atoms with Gasteiger partial charge in [-0.25, -0.2) is 0 Å². The number of Topliss-reactive ketones (excluding diaryl/α,β-unsaturated/α-hetero) is 1. The smallest absolute Gasteiger partial charge is 0.204 e. The van der Waals surface area contributed by atoms with Gasteiger partial charge in [0.25, 0.3) is 0 Å². The van der Waals surface area contributed by atoms with Crippen molar-refractivity contribution in [1.82, 2.24) is 0 Å². The predicted molar refractivity (Wildman–Crippen MR) is 89.7 cm³/mol. The number of ketones is 1. The number of benzene rings is 1. The highest BCUT2D eigenvalue weighted by molar-refractivity contribution is 6.02. The molecule has 0 radical (unpaired) electrons. The first-order chi connectivity index (χ1) is 10.6. The fourth-order valence-electron chi connectivity index (χ4n) is 2.73. The third kappa shape index (κ3) is 3.29. The van der Waals surface area contributed by atoms with E-state index in [1.54, 1.807) is 7.11 Å². The van der Waals surface area contributed by atoms with Gasteiger partial charge in [-0.1, -0.05) is 26.7 Å². The molecular weight excluding hydrogens is 292 g/mol. The normalized spacial score (nSPS) is 16.1. The highest BCUT2D eigenvalue weighted by Crippen LogP contribution is 2.50. The average Bonchev–Trinajstić information content (AvgIpc) is 2.41. The first-order valence-corrected chi connectivity index (χ1v) is 7.64. The first kappa shape index (κ1) is 17.2. The molecule has 0 spiro atoms. The monoisotopic (exact) mass is 316 g/mol. The molecule has 4 heteroatoms. The van der Waals surface area contributed by atoms with Gasteiger partial charge in [0, 0.05) is 5.56 Å². The molecule has 0 saturated carbocycles. The van der Waals surface area contributed by atoms with Crippen molar-refractivity contribution in [3.8, 4) is 29.6 Å². The summed E-state index contributed by atoms with van der Waals surface area (Å²) in [4.78, 5) is 12.6. The number of hydrogen-bond donors (Lipinski definition) is 0. The van der Waals surface area contributed by atoms with E-state index in [2.05, 4.69) is 26.7 Å². The van der Waals surface area contributed by atoms with Gasteiger partial charge in [0.05, 0.1) is 19.1 Å². The van der Waals surface area contributed by atoms with Crippen LogP contribution in [-0.2, 0) is 5.41 Å². The number of terminal acetylenes is 1. The summed E-state index contributed by atoms with van der Waals surface area (Å²) in [6.45, 7) is 10.0. The van der Waals surface area contributed by atoms with Crippen LogP contribution >= 0.6 is 0 Å². The standard InChI is InChI=1S/C19H24O4/c1-8-9-22-16-13(18(2,3)4)10-12-14(20)11-19(5,6)23-15(12)17(16)21-7/h1,10H,9,11H2,2-7H3. The van der Waals surface area contributed by atoms with Crippen LogP contribution in [0.4, 0.5) is 0 Å². The third-order valence-corrected chi connectivity index (χ3v) is 3.77. The van der Waals surface area contributed by atoms with Crippen LogP contribution in [0.5, 0.6) is 17.2 Å². The quantitative estimate of drug-likeness (QED) is 0.797. The zero-order chi connectivity index (χ0) is 17.4. The molecule has 0 unspecified atom stereocenters. The van der Waals surface area contributed by atoms with E-state index in [0.717, 1.165) is 5.56 Å². The molecule has 0 aliphatic carbocycles. The highest BCUT2D eigenvalue weighted by Gasteiger charge is 2.38. The number of methoxy groups -OCH3 is 1. The Morgan fingerprint density at radius 3 is 2.52 bits per heavy atom. The Bertz CT molecular complexity index is 672. The van der Waals surface area contributed by atoms with Crippen LogP contribution in [0.3, 0.4) is 0 Å². The first-order valence-electron chi connectivity index (χ1n) is 7.64. The summed E-state index contributed by atoms with van der Waals surface area (Å²) in [5.41, 5.74) is 0.600. The molecule has 0 atom stereocenters. The molecule has 0 N–H and O–H groups in total. The molecule has 0 aromatic heterocycles. The number of carbonyl (C=O) groups excluding carboxylic acids is 1. The lowest BCUT2D eigenvalue weighted by Crippen LogP contribution is -2.36. The topological polar surface area (TPSA) is 44.8 Å². The van der Waals surface area contributed by atoms with Gasteiger partial charge in [-0.3, -0.25) is 4.79 Å². The van der Waals surface area contributed by atoms with Crippen LogP contribution in [0.15, 0.2) is 6.07 Å². The number of rotatable bonds is 3. The van der Waals surface area contributed by atoms with Crippen molar-refractivity contribution < 1.29 is 19.0 Å². The number of fused-ring (bicyclic) bond motifs is 1. The van der Waals surface area contributed by atoms with Crippen LogP contribution in [-0.4, -0.2) is 25.1 Å². The summed E-state index contributed by atoms with van der Waals surface area (Å²) in [5, 5.41) is 0. The van der Waals surface area contributed by atoms with Crippen molar-refractivity contribution in [1.29, 1.82) is 0 Å². The molecule has 0 bridgehead atoms. The van der Waals surface area contributed by atoms with E-state index < -0.39 is 5.60 Å². The fourth-order valence-corrected chi connectivity index (χ4v) is 2.73. The molecule has 1 aliphatic rings. The summed E-state index contributed by atoms with van der Waals surface area (Å²) in [5.74, 6) is 3.93. The summed E-state index contributed by atoms with van der Waals surface area (Å²) in [7, 11) is 1.54. The molecule has 0 saturated heterocycles. The van der Waals surface area contributed by atoms with Gasteiger partial charge in [0.15, 0.2) is 17.3 Å². The molecular formula is C19H24O4. The minimum atomic E-state index is -0.579. The molecule has 124 valence electrons. The Kier molecular flexibility index (Phi) is 4.34. The SMILES string of the molecule is C#CCOc1c(C(C)(C)C)cc2c(c1OC)OC(C)(C)CC2=O. The van der Waals surface area contributed by atoms with E-state index in [-0.39, 0.29) is 17.8 Å². The summed E-state index contributed by atoms with van der Waals surface area (Å²) >= 11 is 0. The lowest BCUT2D eigenvalue weighted by molar-refractivity contribution is 0.0597. The van der Waals surface area contributed by atoms with Gasteiger partial charge < -0.3 is 14.2 Å². The van der Waals surface area contributed by atoms with Crippen LogP contribution in [0.2, 0.25) is 0 Å². The molecule has 1 heterocycles. The van der Waals surface area contributed by atoms with Crippen LogP contribution in [0, 0.1) is 12.3 Å². The summed E-state index contributed by atoms with van der Waals surface area (Å²) in [6, 6.07) is 1.85. The van der Waals surface area contributed by atoms with E-state index in [4.69, 9.17) is 20.6 Å². The second kappa shape index (κ2) is 5.81. The Morgan fingerprint density at radius 1 is 1.35 bits per heavy atom. The molecule has 4 nitrogen and oxygen atoms in total. The van der Waals surface area contributed by atoms with Crippen molar-refractivity contribution in [3.05, 3.63) is 17.2 Å². The Hall–Kier alpha value is -2.15. The summed E-state index contributed by atoms with van der Waals surface area (Å²) in [6.07, 6.45) is 5.66. The predicted octanol–water partition coefficient (Wildman–Crippen LogP) is 3.75. The van der Waals surface area contributed by atoms with Gasteiger partial charge in [-0.15, -0.1) is 6.42 Å². The maximum atomic E-state index is 12.6. The minimum Gasteiger partial charge on any atom is -0.490 e. The molecule has 0 amide bonds. The van der Waals surface area contributed by atoms with Gasteiger partial charge in [-0.05, 0) is 25.3 Å². The minimum absolute atomic E-state index is 0.0450. The van der Waals surface area contributed by atoms with Crippen molar-refractivity contribution in [3.63, 3.8) is 0 Å². The fraction of sp³-hybridized carbons (Fsp3) is 0.526. The highest BCUT2D eigenvalue weighted by atomic mass is 16.5. The largest absolute Gasteiger partial charge is 0.490 e. The zero-order valence-corrected chi connectivity index (χ0v) is 14.7. The maximum Gasteiger partial charge on any atom is 0.204 e. The molecule has 1 aromatic carbocycles. The molecule has 2 rings (SSSR count). The van der Waals surface area contributed by atoms with Crippen molar-refractivity contribution in [2.24, 2.45) is 0 Å². The van der Waals surface area contributed by atoms with Crippen LogP contribution < -0.4 is 14.2 Å². The Morgan fingerprint density at radius 2 is 2.00 bits per heavy atom. The molecule has 1 aromatic rings. The number of carbonyl (C=O) groups is 1. The second-order valence-corrected chi connectivity index (χ2v) is 7.37. The van der Waals surface area contributed by atoms with Gasteiger partial charge in [0.2, 0.25) is 5.75 Å². The molecule has 0 fully saturated rings. The van der Waals surface area contributed by atoms with E-state index >= 15 is 0 Å². The van der Waals surface area contributed by atoms with Crippen molar-refractivity contribution in [2.45, 2.75) is 52.1 Å². The molecule has 1 aliphatic heterocycles. The lowest BCUT2D eigenvalue weighted by atomic mass is 9.82. The number of hydrogen-bond acceptors (Lipinski definition) is 4. The van der Waals surface area contributed by atoms with E-state index in [1.165, 1.54) is 0 Å². The van der Waals surface area contributed by atoms with Crippen molar-refractivity contribution in [2.75, 3.05) is 13.7 Å². The van der Waals surface area contributed by atoms with E-state index in [0.29, 0.717) is 29.2 Å². The Balaban J connectivity index is 2.75. The van der Waals surface area contributed by atoms with Gasteiger partial charge >= 0.3 is 0 Å². The Labute approximate surface area is 138 Å². The zero-order valence-electron chi connectivity index (χ0n) is 14.7.